The first-order valence-electron chi connectivity index (χ1n) is 6.95. The summed E-state index contributed by atoms with van der Waals surface area (Å²) in [6.07, 6.45) is 0. The van der Waals surface area contributed by atoms with Crippen LogP contribution < -0.4 is 4.90 Å². The molecule has 0 unspecified atom stereocenters. The highest BCUT2D eigenvalue weighted by molar-refractivity contribution is 5.52. The molecule has 1 aliphatic heterocycles. The molecule has 0 bridgehead atoms. The van der Waals surface area contributed by atoms with Crippen LogP contribution in [0.3, 0.4) is 0 Å². The van der Waals surface area contributed by atoms with Gasteiger partial charge in [0, 0.05) is 45.4 Å². The van der Waals surface area contributed by atoms with Gasteiger partial charge in [0.05, 0.1) is 23.3 Å². The number of nitrogens with zero attached hydrogens (tertiary/aromatic N) is 3. The number of anilines is 1. The fraction of sp³-hybridized carbons (Fsp3) is 0.571. The van der Waals surface area contributed by atoms with Crippen LogP contribution in [0.25, 0.3) is 0 Å². The van der Waals surface area contributed by atoms with Gasteiger partial charge in [-0.3, -0.25) is 15.0 Å². The monoisotopic (exact) mass is 297 g/mol. The summed E-state index contributed by atoms with van der Waals surface area (Å²) >= 11 is 0. The lowest BCUT2D eigenvalue weighted by Gasteiger charge is -2.38. The van der Waals surface area contributed by atoms with Crippen molar-refractivity contribution < 1.29 is 14.1 Å². The number of ether oxygens (including phenoxy) is 1. The Morgan fingerprint density at radius 3 is 2.57 bits per heavy atom. The maximum Gasteiger partial charge on any atom is 0.272 e. The van der Waals surface area contributed by atoms with E-state index in [4.69, 9.17) is 4.74 Å². The van der Waals surface area contributed by atoms with Crippen LogP contribution in [0.5, 0.6) is 0 Å². The van der Waals surface area contributed by atoms with Crippen molar-refractivity contribution in [1.82, 2.24) is 4.90 Å². The van der Waals surface area contributed by atoms with Crippen LogP contribution in [-0.2, 0) is 4.74 Å². The van der Waals surface area contributed by atoms with E-state index < -0.39 is 10.7 Å². The van der Waals surface area contributed by atoms with Crippen LogP contribution in [0.15, 0.2) is 18.2 Å². The minimum atomic E-state index is -0.586. The number of benzene rings is 1. The third-order valence-electron chi connectivity index (χ3n) is 3.83. The standard InChI is InChI=1S/C14H20FN3O3/c1-11(10-21-2)16-5-7-17(8-6-16)14-4-3-12(18(19)20)9-13(14)15/h3-4,9,11H,5-8,10H2,1-2H3/t11-/m0/s1. The van der Waals surface area contributed by atoms with Crippen LogP contribution >= 0.6 is 0 Å². The molecule has 1 atom stereocenters. The predicted molar refractivity (Wildman–Crippen MR) is 78.2 cm³/mol. The first-order chi connectivity index (χ1) is 10.0. The fourth-order valence-corrected chi connectivity index (χ4v) is 2.62. The van der Waals surface area contributed by atoms with Gasteiger partial charge in [0.25, 0.3) is 5.69 Å². The van der Waals surface area contributed by atoms with Gasteiger partial charge in [-0.1, -0.05) is 0 Å². The third kappa shape index (κ3) is 3.68. The zero-order valence-corrected chi connectivity index (χ0v) is 12.3. The Morgan fingerprint density at radius 1 is 1.38 bits per heavy atom. The van der Waals surface area contributed by atoms with Crippen molar-refractivity contribution in [2.75, 3.05) is 44.8 Å². The summed E-state index contributed by atoms with van der Waals surface area (Å²) < 4.78 is 19.1. The second-order valence-corrected chi connectivity index (χ2v) is 5.22. The molecule has 0 N–H and O–H groups in total. The summed E-state index contributed by atoms with van der Waals surface area (Å²) in [4.78, 5) is 14.3. The molecule has 0 aromatic heterocycles. The first kappa shape index (κ1) is 15.7. The minimum absolute atomic E-state index is 0.219. The van der Waals surface area contributed by atoms with Crippen LogP contribution in [0.4, 0.5) is 15.8 Å². The van der Waals surface area contributed by atoms with Crippen molar-refractivity contribution in [2.45, 2.75) is 13.0 Å². The molecule has 1 heterocycles. The third-order valence-corrected chi connectivity index (χ3v) is 3.83. The van der Waals surface area contributed by atoms with Crippen LogP contribution in [-0.4, -0.2) is 55.8 Å². The average molecular weight is 297 g/mol. The summed E-state index contributed by atoms with van der Waals surface area (Å²) in [7, 11) is 1.68. The van der Waals surface area contributed by atoms with Gasteiger partial charge in [-0.25, -0.2) is 4.39 Å². The maximum atomic E-state index is 14.0. The Hall–Kier alpha value is -1.73. The molecule has 0 saturated carbocycles. The molecule has 1 aromatic rings. The molecule has 0 radical (unpaired) electrons. The molecule has 1 aliphatic rings. The zero-order chi connectivity index (χ0) is 15.4. The van der Waals surface area contributed by atoms with E-state index in [0.29, 0.717) is 31.4 Å². The van der Waals surface area contributed by atoms with Gasteiger partial charge in [-0.05, 0) is 13.0 Å². The molecule has 1 saturated heterocycles. The molecule has 0 amide bonds. The fourth-order valence-electron chi connectivity index (χ4n) is 2.62. The number of rotatable bonds is 5. The number of methoxy groups -OCH3 is 1. The highest BCUT2D eigenvalue weighted by atomic mass is 19.1. The molecule has 0 aliphatic carbocycles. The molecular weight excluding hydrogens is 277 g/mol. The van der Waals surface area contributed by atoms with Crippen molar-refractivity contribution >= 4 is 11.4 Å². The predicted octanol–water partition coefficient (Wildman–Crippen LogP) is 1.89. The number of nitro benzene ring substituents is 1. The lowest BCUT2D eigenvalue weighted by atomic mass is 10.2. The molecule has 2 rings (SSSR count). The number of hydrogen-bond donors (Lipinski definition) is 0. The lowest BCUT2D eigenvalue weighted by Crippen LogP contribution is -2.50. The summed E-state index contributed by atoms with van der Waals surface area (Å²) in [5, 5.41) is 10.6. The van der Waals surface area contributed by atoms with E-state index in [9.17, 15) is 14.5 Å². The normalized spacial score (nSPS) is 17.8. The average Bonchev–Trinajstić information content (AvgIpc) is 2.47. The van der Waals surface area contributed by atoms with Crippen LogP contribution in [0.1, 0.15) is 6.92 Å². The van der Waals surface area contributed by atoms with Gasteiger partial charge < -0.3 is 9.64 Å². The number of hydrogen-bond acceptors (Lipinski definition) is 5. The maximum absolute atomic E-state index is 14.0. The smallest absolute Gasteiger partial charge is 0.272 e. The Kier molecular flexibility index (Phi) is 5.08. The lowest BCUT2D eigenvalue weighted by molar-refractivity contribution is -0.385. The van der Waals surface area contributed by atoms with Gasteiger partial charge in [0.2, 0.25) is 0 Å². The summed E-state index contributed by atoms with van der Waals surface area (Å²) in [5.41, 5.74) is 0.211. The van der Waals surface area contributed by atoms with Gasteiger partial charge in [-0.2, -0.15) is 0 Å². The quantitative estimate of drug-likeness (QED) is 0.613. The van der Waals surface area contributed by atoms with E-state index in [1.807, 2.05) is 4.90 Å². The summed E-state index contributed by atoms with van der Waals surface area (Å²) in [6, 6.07) is 4.15. The minimum Gasteiger partial charge on any atom is -0.383 e. The second-order valence-electron chi connectivity index (χ2n) is 5.22. The Bertz CT molecular complexity index is 504. The van der Waals surface area contributed by atoms with E-state index in [-0.39, 0.29) is 5.69 Å². The van der Waals surface area contributed by atoms with Crippen molar-refractivity contribution in [3.63, 3.8) is 0 Å². The summed E-state index contributed by atoms with van der Waals surface area (Å²) in [6.45, 7) is 5.81. The largest absolute Gasteiger partial charge is 0.383 e. The Labute approximate surface area is 123 Å². The zero-order valence-electron chi connectivity index (χ0n) is 12.3. The van der Waals surface area contributed by atoms with Gasteiger partial charge in [0.1, 0.15) is 0 Å². The Balaban J connectivity index is 2.00. The van der Waals surface area contributed by atoms with Crippen LogP contribution in [0, 0.1) is 15.9 Å². The molecule has 21 heavy (non-hydrogen) atoms. The second kappa shape index (κ2) is 6.82. The molecule has 116 valence electrons. The van der Waals surface area contributed by atoms with E-state index in [2.05, 4.69) is 11.8 Å². The van der Waals surface area contributed by atoms with Crippen molar-refractivity contribution in [3.05, 3.63) is 34.1 Å². The molecule has 1 aromatic carbocycles. The van der Waals surface area contributed by atoms with Crippen LogP contribution in [0.2, 0.25) is 0 Å². The van der Waals surface area contributed by atoms with Gasteiger partial charge >= 0.3 is 0 Å². The molecular formula is C14H20FN3O3. The highest BCUT2D eigenvalue weighted by Gasteiger charge is 2.23. The van der Waals surface area contributed by atoms with Crippen molar-refractivity contribution in [3.8, 4) is 0 Å². The number of halogens is 1. The Morgan fingerprint density at radius 2 is 2.05 bits per heavy atom. The van der Waals surface area contributed by atoms with Crippen molar-refractivity contribution in [2.24, 2.45) is 0 Å². The van der Waals surface area contributed by atoms with Gasteiger partial charge in [-0.15, -0.1) is 0 Å². The number of nitro groups is 1. The number of piperazine rings is 1. The first-order valence-corrected chi connectivity index (χ1v) is 6.95. The van der Waals surface area contributed by atoms with E-state index in [1.54, 1.807) is 7.11 Å². The summed E-state index contributed by atoms with van der Waals surface area (Å²) in [5.74, 6) is -0.539. The SMILES string of the molecule is COC[C@H](C)N1CCN(c2ccc([N+](=O)[O-])cc2F)CC1. The van der Waals surface area contributed by atoms with Crippen molar-refractivity contribution in [1.29, 1.82) is 0 Å². The molecule has 0 spiro atoms. The topological polar surface area (TPSA) is 58.8 Å². The molecule has 6 nitrogen and oxygen atoms in total. The molecule has 1 fully saturated rings. The number of non-ortho nitro benzene ring substituents is 1. The van der Waals surface area contributed by atoms with E-state index >= 15 is 0 Å². The van der Waals surface area contributed by atoms with Gasteiger partial charge in [0.15, 0.2) is 5.82 Å². The van der Waals surface area contributed by atoms with E-state index in [1.165, 1.54) is 12.1 Å². The highest BCUT2D eigenvalue weighted by Crippen LogP contribution is 2.25. The van der Waals surface area contributed by atoms with E-state index in [0.717, 1.165) is 19.2 Å². The molecule has 7 heteroatoms.